The number of aromatic nitrogens is 4. The first kappa shape index (κ1) is 19.0. The van der Waals surface area contributed by atoms with Gasteiger partial charge in [-0.3, -0.25) is 9.78 Å². The third-order valence-electron chi connectivity index (χ3n) is 4.98. The molecule has 0 atom stereocenters. The highest BCUT2D eigenvalue weighted by atomic mass is 16.1. The van der Waals surface area contributed by atoms with Gasteiger partial charge in [0.25, 0.3) is 5.91 Å². The van der Waals surface area contributed by atoms with E-state index >= 15 is 0 Å². The Balaban J connectivity index is 1.55. The molecule has 1 aliphatic carbocycles. The van der Waals surface area contributed by atoms with Gasteiger partial charge in [0.2, 0.25) is 5.95 Å². The van der Waals surface area contributed by atoms with Crippen molar-refractivity contribution in [3.8, 4) is 0 Å². The second kappa shape index (κ2) is 8.28. The maximum absolute atomic E-state index is 12.2. The summed E-state index contributed by atoms with van der Waals surface area (Å²) in [7, 11) is 3.98. The van der Waals surface area contributed by atoms with Crippen LogP contribution in [0.25, 0.3) is 0 Å². The van der Waals surface area contributed by atoms with E-state index in [-0.39, 0.29) is 11.9 Å². The Morgan fingerprint density at radius 3 is 2.41 bits per heavy atom. The molecule has 1 saturated carbocycles. The van der Waals surface area contributed by atoms with Crippen LogP contribution in [-0.4, -0.2) is 52.0 Å². The van der Waals surface area contributed by atoms with Crippen molar-refractivity contribution in [2.24, 2.45) is 0 Å². The van der Waals surface area contributed by atoms with Gasteiger partial charge in [0.05, 0.1) is 6.20 Å². The Morgan fingerprint density at radius 1 is 1.07 bits per heavy atom. The highest BCUT2D eigenvalue weighted by Gasteiger charge is 2.24. The van der Waals surface area contributed by atoms with E-state index in [2.05, 4.69) is 30.6 Å². The summed E-state index contributed by atoms with van der Waals surface area (Å²) in [5.74, 6) is 1.45. The van der Waals surface area contributed by atoms with Crippen molar-refractivity contribution in [3.63, 3.8) is 0 Å². The lowest BCUT2D eigenvalue weighted by Gasteiger charge is -2.30. The Bertz CT molecular complexity index is 786. The van der Waals surface area contributed by atoms with Crippen molar-refractivity contribution in [2.75, 3.05) is 24.3 Å². The van der Waals surface area contributed by atoms with Gasteiger partial charge in [-0.05, 0) is 39.5 Å². The van der Waals surface area contributed by atoms with Crippen LogP contribution in [0, 0.1) is 13.8 Å². The average Bonchev–Trinajstić information content (AvgIpc) is 2.66. The van der Waals surface area contributed by atoms with Gasteiger partial charge in [0, 0.05) is 49.8 Å². The molecule has 8 nitrogen and oxygen atoms in total. The van der Waals surface area contributed by atoms with E-state index in [1.54, 1.807) is 6.20 Å². The molecule has 0 bridgehead atoms. The van der Waals surface area contributed by atoms with Crippen LogP contribution in [0.3, 0.4) is 0 Å². The Labute approximate surface area is 159 Å². The molecule has 8 heteroatoms. The highest BCUT2D eigenvalue weighted by molar-refractivity contribution is 5.92. The van der Waals surface area contributed by atoms with Crippen molar-refractivity contribution in [1.29, 1.82) is 0 Å². The Kier molecular flexibility index (Phi) is 5.83. The van der Waals surface area contributed by atoms with E-state index in [1.807, 2.05) is 32.8 Å². The van der Waals surface area contributed by atoms with Crippen LogP contribution in [0.2, 0.25) is 0 Å². The van der Waals surface area contributed by atoms with E-state index in [0.29, 0.717) is 17.7 Å². The molecular formula is C19H27N7O. The minimum atomic E-state index is -0.160. The largest absolute Gasteiger partial charge is 0.362 e. The second-order valence-electron chi connectivity index (χ2n) is 7.23. The summed E-state index contributed by atoms with van der Waals surface area (Å²) in [6.07, 6.45) is 8.32. The number of aryl methyl sites for hydroxylation is 1. The molecule has 27 heavy (non-hydrogen) atoms. The molecule has 1 fully saturated rings. The van der Waals surface area contributed by atoms with Gasteiger partial charge >= 0.3 is 0 Å². The van der Waals surface area contributed by atoms with Crippen LogP contribution < -0.4 is 15.5 Å². The number of hydrogen-bond acceptors (Lipinski definition) is 7. The summed E-state index contributed by atoms with van der Waals surface area (Å²) >= 11 is 0. The first-order valence-electron chi connectivity index (χ1n) is 9.30. The van der Waals surface area contributed by atoms with Gasteiger partial charge in [-0.2, -0.15) is 4.98 Å². The number of anilines is 2. The van der Waals surface area contributed by atoms with Crippen molar-refractivity contribution >= 4 is 17.7 Å². The zero-order valence-electron chi connectivity index (χ0n) is 16.4. The van der Waals surface area contributed by atoms with Gasteiger partial charge < -0.3 is 15.5 Å². The monoisotopic (exact) mass is 369 g/mol. The standard InChI is InChI=1S/C19H27N7O/c1-12-13(2)22-19(25-17(12)26(3)4)24-15-7-5-14(6-8-15)23-18(27)16-11-20-9-10-21-16/h9-11,14-15H,5-8H2,1-4H3,(H,23,27)(H,22,24,25)/t14-,15+. The molecule has 2 aromatic heterocycles. The number of nitrogens with one attached hydrogen (secondary N) is 2. The van der Waals surface area contributed by atoms with Gasteiger partial charge in [-0.1, -0.05) is 0 Å². The van der Waals surface area contributed by atoms with Gasteiger partial charge in [-0.25, -0.2) is 9.97 Å². The maximum Gasteiger partial charge on any atom is 0.271 e. The topological polar surface area (TPSA) is 95.9 Å². The summed E-state index contributed by atoms with van der Waals surface area (Å²) in [5, 5.41) is 6.52. The van der Waals surface area contributed by atoms with Crippen molar-refractivity contribution in [2.45, 2.75) is 51.6 Å². The normalized spacial score (nSPS) is 19.4. The van der Waals surface area contributed by atoms with Crippen LogP contribution in [0.1, 0.15) is 47.4 Å². The number of nitrogens with zero attached hydrogens (tertiary/aromatic N) is 5. The molecule has 0 saturated heterocycles. The van der Waals surface area contributed by atoms with Gasteiger partial charge in [0.15, 0.2) is 0 Å². The smallest absolute Gasteiger partial charge is 0.271 e. The van der Waals surface area contributed by atoms with Crippen LogP contribution in [0.4, 0.5) is 11.8 Å². The first-order valence-corrected chi connectivity index (χ1v) is 9.30. The Morgan fingerprint density at radius 2 is 1.78 bits per heavy atom. The molecule has 1 amide bonds. The summed E-state index contributed by atoms with van der Waals surface area (Å²) < 4.78 is 0. The van der Waals surface area contributed by atoms with Gasteiger partial charge in [-0.15, -0.1) is 0 Å². The van der Waals surface area contributed by atoms with Crippen LogP contribution in [0.15, 0.2) is 18.6 Å². The Hall–Kier alpha value is -2.77. The predicted molar refractivity (Wildman–Crippen MR) is 105 cm³/mol. The first-order chi connectivity index (χ1) is 12.9. The maximum atomic E-state index is 12.2. The number of hydrogen-bond donors (Lipinski definition) is 2. The molecule has 0 aliphatic heterocycles. The quantitative estimate of drug-likeness (QED) is 0.833. The molecule has 144 valence electrons. The lowest BCUT2D eigenvalue weighted by molar-refractivity contribution is 0.0921. The molecular weight excluding hydrogens is 342 g/mol. The van der Waals surface area contributed by atoms with Gasteiger partial charge in [0.1, 0.15) is 11.5 Å². The number of carbonyl (C=O) groups excluding carboxylic acids is 1. The fourth-order valence-corrected chi connectivity index (χ4v) is 3.35. The number of amides is 1. The average molecular weight is 369 g/mol. The highest BCUT2D eigenvalue weighted by Crippen LogP contribution is 2.24. The van der Waals surface area contributed by atoms with E-state index in [0.717, 1.165) is 42.8 Å². The second-order valence-corrected chi connectivity index (χ2v) is 7.23. The fourth-order valence-electron chi connectivity index (χ4n) is 3.35. The predicted octanol–water partition coefficient (Wildman–Crippen LogP) is 2.10. The third-order valence-corrected chi connectivity index (χ3v) is 4.98. The van der Waals surface area contributed by atoms with Crippen LogP contribution in [0.5, 0.6) is 0 Å². The molecule has 2 N–H and O–H groups in total. The molecule has 3 rings (SSSR count). The SMILES string of the molecule is Cc1nc(N[C@H]2CC[C@@H](NC(=O)c3cnccn3)CC2)nc(N(C)C)c1C. The molecule has 2 aromatic rings. The minimum absolute atomic E-state index is 0.160. The molecule has 0 spiro atoms. The molecule has 0 aromatic carbocycles. The van der Waals surface area contributed by atoms with Crippen molar-refractivity contribution < 1.29 is 4.79 Å². The lowest BCUT2D eigenvalue weighted by atomic mass is 9.91. The van der Waals surface area contributed by atoms with Crippen LogP contribution in [-0.2, 0) is 0 Å². The molecule has 0 radical (unpaired) electrons. The van der Waals surface area contributed by atoms with Crippen molar-refractivity contribution in [1.82, 2.24) is 25.3 Å². The minimum Gasteiger partial charge on any atom is -0.362 e. The number of carbonyl (C=O) groups is 1. The van der Waals surface area contributed by atoms with E-state index < -0.39 is 0 Å². The van der Waals surface area contributed by atoms with E-state index in [4.69, 9.17) is 0 Å². The summed E-state index contributed by atoms with van der Waals surface area (Å²) in [4.78, 5) is 31.4. The fraction of sp³-hybridized carbons (Fsp3) is 0.526. The molecule has 2 heterocycles. The number of rotatable bonds is 5. The third kappa shape index (κ3) is 4.69. The van der Waals surface area contributed by atoms with Crippen molar-refractivity contribution in [3.05, 3.63) is 35.5 Å². The zero-order chi connectivity index (χ0) is 19.4. The van der Waals surface area contributed by atoms with E-state index in [9.17, 15) is 4.79 Å². The lowest BCUT2D eigenvalue weighted by Crippen LogP contribution is -2.40. The summed E-state index contributed by atoms with van der Waals surface area (Å²) in [5.41, 5.74) is 2.44. The summed E-state index contributed by atoms with van der Waals surface area (Å²) in [6.45, 7) is 4.05. The van der Waals surface area contributed by atoms with E-state index in [1.165, 1.54) is 12.4 Å². The zero-order valence-corrected chi connectivity index (χ0v) is 16.4. The molecule has 0 unspecified atom stereocenters. The summed E-state index contributed by atoms with van der Waals surface area (Å²) in [6, 6.07) is 0.474. The van der Waals surface area contributed by atoms with Crippen LogP contribution >= 0.6 is 0 Å². The molecule has 1 aliphatic rings.